The summed E-state index contributed by atoms with van der Waals surface area (Å²) in [5, 5.41) is 8.87. The van der Waals surface area contributed by atoms with Crippen molar-refractivity contribution >= 4 is 11.9 Å². The van der Waals surface area contributed by atoms with Crippen LogP contribution < -0.4 is 14.4 Å². The van der Waals surface area contributed by atoms with Gasteiger partial charge in [-0.1, -0.05) is 0 Å². The Kier molecular flexibility index (Phi) is 3.12. The Morgan fingerprint density at radius 2 is 2.21 bits per heavy atom. The molecule has 1 aromatic heterocycles. The molecule has 3 rings (SSSR count). The first-order valence-corrected chi connectivity index (χ1v) is 6.13. The van der Waals surface area contributed by atoms with Crippen molar-refractivity contribution < 1.29 is 24.1 Å². The number of hydrogen-bond donors (Lipinski definition) is 1. The number of ether oxygens (including phenoxy) is 3. The molecule has 1 fully saturated rings. The number of fused-ring (bicyclic) bond motifs is 1. The highest BCUT2D eigenvalue weighted by Crippen LogP contribution is 2.31. The number of aliphatic hydroxyl groups excluding tert-OH is 1. The number of rotatable bonds is 3. The van der Waals surface area contributed by atoms with Gasteiger partial charge in [0, 0.05) is 13.0 Å². The largest absolute Gasteiger partial charge is 0.484 e. The van der Waals surface area contributed by atoms with E-state index in [1.165, 1.54) is 4.90 Å². The van der Waals surface area contributed by atoms with Gasteiger partial charge in [-0.25, -0.2) is 4.79 Å². The molecule has 0 saturated carbocycles. The third-order valence-electron chi connectivity index (χ3n) is 2.99. The van der Waals surface area contributed by atoms with Gasteiger partial charge in [0.1, 0.15) is 25.1 Å². The third kappa shape index (κ3) is 2.28. The lowest BCUT2D eigenvalue weighted by Crippen LogP contribution is -2.26. The van der Waals surface area contributed by atoms with Crippen LogP contribution >= 0.6 is 0 Å². The summed E-state index contributed by atoms with van der Waals surface area (Å²) in [5.41, 5.74) is 0. The van der Waals surface area contributed by atoms with Crippen LogP contribution in [0, 0.1) is 0 Å². The Balaban J connectivity index is 1.80. The number of anilines is 1. The molecule has 7 heteroatoms. The van der Waals surface area contributed by atoms with E-state index < -0.39 is 6.09 Å². The average molecular weight is 266 g/mol. The van der Waals surface area contributed by atoms with Crippen molar-refractivity contribution in [2.24, 2.45) is 0 Å². The van der Waals surface area contributed by atoms with Gasteiger partial charge >= 0.3 is 6.09 Å². The van der Waals surface area contributed by atoms with Crippen molar-refractivity contribution in [3.63, 3.8) is 0 Å². The summed E-state index contributed by atoms with van der Waals surface area (Å²) < 4.78 is 15.9. The van der Waals surface area contributed by atoms with Crippen LogP contribution in [-0.4, -0.2) is 48.7 Å². The molecule has 2 aliphatic heterocycles. The van der Waals surface area contributed by atoms with Gasteiger partial charge in [-0.2, -0.15) is 4.98 Å². The molecular formula is C12H14N2O5. The van der Waals surface area contributed by atoms with Crippen molar-refractivity contribution in [3.05, 3.63) is 12.1 Å². The van der Waals surface area contributed by atoms with Gasteiger partial charge in [-0.15, -0.1) is 0 Å². The van der Waals surface area contributed by atoms with Crippen LogP contribution in [0.25, 0.3) is 0 Å². The van der Waals surface area contributed by atoms with E-state index in [-0.39, 0.29) is 12.7 Å². The molecule has 1 unspecified atom stereocenters. The van der Waals surface area contributed by atoms with Crippen molar-refractivity contribution in [1.29, 1.82) is 0 Å². The summed E-state index contributed by atoms with van der Waals surface area (Å²) in [6.07, 6.45) is -0.331. The normalized spacial score (nSPS) is 21.4. The second kappa shape index (κ2) is 4.93. The molecule has 19 heavy (non-hydrogen) atoms. The molecule has 2 aliphatic rings. The highest BCUT2D eigenvalue weighted by Gasteiger charge is 2.33. The Hall–Kier alpha value is -2.02. The third-order valence-corrected chi connectivity index (χ3v) is 2.99. The van der Waals surface area contributed by atoms with Gasteiger partial charge in [0.2, 0.25) is 0 Å². The molecule has 0 bridgehead atoms. The SMILES string of the molecule is O=C1OC(CCO)CN1c1ccc2c(n1)OCCO2. The lowest BCUT2D eigenvalue weighted by atomic mass is 10.2. The Morgan fingerprint density at radius 1 is 1.37 bits per heavy atom. The standard InChI is InChI=1S/C12H14N2O5/c15-4-3-8-7-14(12(16)19-8)10-2-1-9-11(13-10)18-6-5-17-9/h1-2,8,15H,3-7H2. The lowest BCUT2D eigenvalue weighted by molar-refractivity contribution is 0.122. The van der Waals surface area contributed by atoms with Gasteiger partial charge in [0.25, 0.3) is 5.88 Å². The van der Waals surface area contributed by atoms with E-state index in [0.29, 0.717) is 43.6 Å². The summed E-state index contributed by atoms with van der Waals surface area (Å²) in [6, 6.07) is 3.42. The molecule has 1 saturated heterocycles. The molecule has 1 aromatic rings. The van der Waals surface area contributed by atoms with Crippen molar-refractivity contribution in [2.75, 3.05) is 31.3 Å². The van der Waals surface area contributed by atoms with E-state index in [0.717, 1.165) is 0 Å². The molecule has 1 atom stereocenters. The monoisotopic (exact) mass is 266 g/mol. The predicted octanol–water partition coefficient (Wildman–Crippen LogP) is 0.560. The molecule has 102 valence electrons. The summed E-state index contributed by atoms with van der Waals surface area (Å²) in [5.74, 6) is 1.44. The second-order valence-electron chi connectivity index (χ2n) is 4.30. The van der Waals surface area contributed by atoms with Gasteiger partial charge in [0.05, 0.1) is 6.54 Å². The maximum Gasteiger partial charge on any atom is 0.415 e. The smallest absolute Gasteiger partial charge is 0.415 e. The number of carbonyl (C=O) groups is 1. The molecule has 0 radical (unpaired) electrons. The minimum absolute atomic E-state index is 0.0135. The Bertz CT molecular complexity index is 493. The van der Waals surface area contributed by atoms with Gasteiger partial charge in [0.15, 0.2) is 5.75 Å². The fourth-order valence-corrected chi connectivity index (χ4v) is 2.07. The van der Waals surface area contributed by atoms with Crippen molar-refractivity contribution in [1.82, 2.24) is 4.98 Å². The number of hydrogen-bond acceptors (Lipinski definition) is 6. The average Bonchev–Trinajstić information content (AvgIpc) is 2.79. The summed E-state index contributed by atoms with van der Waals surface area (Å²) >= 11 is 0. The topological polar surface area (TPSA) is 81.1 Å². The van der Waals surface area contributed by atoms with Crippen LogP contribution in [0.1, 0.15) is 6.42 Å². The van der Waals surface area contributed by atoms with Crippen LogP contribution in [0.5, 0.6) is 11.6 Å². The zero-order chi connectivity index (χ0) is 13.2. The van der Waals surface area contributed by atoms with Crippen LogP contribution in [0.2, 0.25) is 0 Å². The molecular weight excluding hydrogens is 252 g/mol. The number of aliphatic hydroxyl groups is 1. The number of cyclic esters (lactones) is 1. The van der Waals surface area contributed by atoms with Crippen LogP contribution in [0.15, 0.2) is 12.1 Å². The van der Waals surface area contributed by atoms with Gasteiger partial charge in [-0.05, 0) is 12.1 Å². The van der Waals surface area contributed by atoms with E-state index in [1.54, 1.807) is 12.1 Å². The fourth-order valence-electron chi connectivity index (χ4n) is 2.07. The summed E-state index contributed by atoms with van der Waals surface area (Å²) in [7, 11) is 0. The quantitative estimate of drug-likeness (QED) is 0.861. The molecule has 1 N–H and O–H groups in total. The predicted molar refractivity (Wildman–Crippen MR) is 64.5 cm³/mol. The van der Waals surface area contributed by atoms with Crippen LogP contribution in [0.4, 0.5) is 10.6 Å². The highest BCUT2D eigenvalue weighted by molar-refractivity contribution is 5.88. The number of aromatic nitrogens is 1. The molecule has 7 nitrogen and oxygen atoms in total. The van der Waals surface area contributed by atoms with Crippen LogP contribution in [-0.2, 0) is 4.74 Å². The van der Waals surface area contributed by atoms with Crippen molar-refractivity contribution in [3.8, 4) is 11.6 Å². The maximum absolute atomic E-state index is 11.7. The van der Waals surface area contributed by atoms with E-state index in [2.05, 4.69) is 4.98 Å². The number of carbonyl (C=O) groups excluding carboxylic acids is 1. The first kappa shape index (κ1) is 12.0. The van der Waals surface area contributed by atoms with E-state index >= 15 is 0 Å². The first-order valence-electron chi connectivity index (χ1n) is 6.13. The van der Waals surface area contributed by atoms with Crippen molar-refractivity contribution in [2.45, 2.75) is 12.5 Å². The van der Waals surface area contributed by atoms with E-state index in [9.17, 15) is 4.79 Å². The second-order valence-corrected chi connectivity index (χ2v) is 4.30. The molecule has 0 aromatic carbocycles. The maximum atomic E-state index is 11.7. The highest BCUT2D eigenvalue weighted by atomic mass is 16.6. The first-order chi connectivity index (χ1) is 9.28. The van der Waals surface area contributed by atoms with E-state index in [1.807, 2.05) is 0 Å². The lowest BCUT2D eigenvalue weighted by Gasteiger charge is -2.19. The van der Waals surface area contributed by atoms with Gasteiger partial charge < -0.3 is 19.3 Å². The minimum atomic E-state index is -0.456. The fraction of sp³-hybridized carbons (Fsp3) is 0.500. The molecule has 0 aliphatic carbocycles. The molecule has 0 spiro atoms. The van der Waals surface area contributed by atoms with Crippen LogP contribution in [0.3, 0.4) is 0 Å². The summed E-state index contributed by atoms with van der Waals surface area (Å²) in [6.45, 7) is 1.31. The zero-order valence-corrected chi connectivity index (χ0v) is 10.2. The molecule has 3 heterocycles. The van der Waals surface area contributed by atoms with E-state index in [4.69, 9.17) is 19.3 Å². The minimum Gasteiger partial charge on any atom is -0.484 e. The Morgan fingerprint density at radius 3 is 3.05 bits per heavy atom. The summed E-state index contributed by atoms with van der Waals surface area (Å²) in [4.78, 5) is 17.4. The number of nitrogens with zero attached hydrogens (tertiary/aromatic N) is 2. The Labute approximate surface area is 109 Å². The number of pyridine rings is 1. The zero-order valence-electron chi connectivity index (χ0n) is 10.2. The van der Waals surface area contributed by atoms with Gasteiger partial charge in [-0.3, -0.25) is 4.90 Å². The molecule has 1 amide bonds. The number of amides is 1.